The average Bonchev–Trinajstić information content (AvgIpc) is 2.84. The summed E-state index contributed by atoms with van der Waals surface area (Å²) >= 11 is 0. The van der Waals surface area contributed by atoms with Crippen LogP contribution >= 0.6 is 0 Å². The predicted molar refractivity (Wildman–Crippen MR) is 157 cm³/mol. The standard InChI is InChI=1S/C29H57NO4.K.Na.2H/c1-3-5-7-9-11-13-15-17-19-21-25-33-28(31)24-23-27(30)29(32)34-26-22-20-18-16-14-12-10-8-6-4-2;;;;/h27H,3-26,30H2,1-2H3;;;;/t27-;;;;/m0..../s1. The normalized spacial score (nSPS) is 11.3. The Balaban J connectivity index is -0.00000544. The SMILES string of the molecule is CCCCCCCCCCCCOC(=O)CC[C@H](N)C(=O)OCCCCCCCCCCCC.[KH].[NaH]. The number of hydrogen-bond donors (Lipinski definition) is 1. The number of esters is 2. The molecule has 0 amide bonds. The Labute approximate surface area is 288 Å². The van der Waals surface area contributed by atoms with Gasteiger partial charge < -0.3 is 15.2 Å². The molecule has 0 radical (unpaired) electrons. The predicted octanol–water partition coefficient (Wildman–Crippen LogP) is 6.73. The fourth-order valence-corrected chi connectivity index (χ4v) is 4.11. The minimum atomic E-state index is -0.743. The van der Waals surface area contributed by atoms with E-state index in [9.17, 15) is 9.59 Å². The third-order valence-corrected chi connectivity index (χ3v) is 6.47. The quantitative estimate of drug-likeness (QED) is 0.0738. The molecule has 0 aromatic rings. The molecular weight excluding hydrogens is 488 g/mol. The van der Waals surface area contributed by atoms with Gasteiger partial charge in [-0.25, -0.2) is 0 Å². The van der Waals surface area contributed by atoms with Crippen LogP contribution in [0.2, 0.25) is 0 Å². The molecule has 0 saturated carbocycles. The topological polar surface area (TPSA) is 78.6 Å². The molecule has 0 aromatic heterocycles. The van der Waals surface area contributed by atoms with Crippen molar-refractivity contribution in [2.75, 3.05) is 13.2 Å². The summed E-state index contributed by atoms with van der Waals surface area (Å²) in [4.78, 5) is 23.8. The zero-order valence-corrected chi connectivity index (χ0v) is 22.8. The van der Waals surface area contributed by atoms with Gasteiger partial charge in [-0.2, -0.15) is 0 Å². The van der Waals surface area contributed by atoms with Gasteiger partial charge in [-0.3, -0.25) is 9.59 Å². The van der Waals surface area contributed by atoms with E-state index in [1.165, 1.54) is 103 Å². The van der Waals surface area contributed by atoms with Gasteiger partial charge in [-0.15, -0.1) is 0 Å². The van der Waals surface area contributed by atoms with Gasteiger partial charge in [0.1, 0.15) is 6.04 Å². The van der Waals surface area contributed by atoms with Crippen LogP contribution in [0.1, 0.15) is 155 Å². The number of unbranched alkanes of at least 4 members (excludes halogenated alkanes) is 18. The molecule has 0 aliphatic heterocycles. The van der Waals surface area contributed by atoms with Gasteiger partial charge in [0.2, 0.25) is 0 Å². The maximum atomic E-state index is 12.0. The number of rotatable bonds is 26. The summed E-state index contributed by atoms with van der Waals surface area (Å²) < 4.78 is 10.5. The van der Waals surface area contributed by atoms with Crippen molar-refractivity contribution >= 4 is 92.9 Å². The molecule has 0 bridgehead atoms. The zero-order chi connectivity index (χ0) is 25.1. The van der Waals surface area contributed by atoms with E-state index in [2.05, 4.69) is 13.8 Å². The van der Waals surface area contributed by atoms with Crippen LogP contribution in [-0.2, 0) is 19.1 Å². The zero-order valence-electron chi connectivity index (χ0n) is 22.8. The molecule has 0 aliphatic rings. The Morgan fingerprint density at radius 3 is 1.31 bits per heavy atom. The van der Waals surface area contributed by atoms with Crippen LogP contribution < -0.4 is 5.73 Å². The van der Waals surface area contributed by atoms with E-state index >= 15 is 0 Å². The number of hydrogen-bond acceptors (Lipinski definition) is 5. The molecule has 0 aliphatic carbocycles. The van der Waals surface area contributed by atoms with Crippen molar-refractivity contribution in [1.82, 2.24) is 0 Å². The maximum absolute atomic E-state index is 12.0. The first-order valence-electron chi connectivity index (χ1n) is 14.7. The van der Waals surface area contributed by atoms with Crippen LogP contribution in [-0.4, -0.2) is 112 Å². The second-order valence-corrected chi connectivity index (χ2v) is 9.90. The van der Waals surface area contributed by atoms with Crippen LogP contribution in [0.5, 0.6) is 0 Å². The number of ether oxygens (including phenoxy) is 2. The molecule has 5 nitrogen and oxygen atoms in total. The van der Waals surface area contributed by atoms with Crippen molar-refractivity contribution < 1.29 is 19.1 Å². The van der Waals surface area contributed by atoms with Crippen molar-refractivity contribution in [3.05, 3.63) is 0 Å². The van der Waals surface area contributed by atoms with Crippen molar-refractivity contribution in [2.45, 2.75) is 161 Å². The molecule has 1 atom stereocenters. The molecular formula is C29H59KNNaO4. The minimum absolute atomic E-state index is 0. The third-order valence-electron chi connectivity index (χ3n) is 6.47. The number of carbonyl (C=O) groups is 2. The summed E-state index contributed by atoms with van der Waals surface area (Å²) in [5.74, 6) is -0.674. The number of carbonyl (C=O) groups excluding carboxylic acids is 2. The summed E-state index contributed by atoms with van der Waals surface area (Å²) in [6.07, 6.45) is 25.5. The van der Waals surface area contributed by atoms with E-state index in [1.807, 2.05) is 0 Å². The third kappa shape index (κ3) is 31.8. The molecule has 0 rings (SSSR count). The van der Waals surface area contributed by atoms with Crippen molar-refractivity contribution in [1.29, 1.82) is 0 Å². The fourth-order valence-electron chi connectivity index (χ4n) is 4.11. The van der Waals surface area contributed by atoms with Crippen molar-refractivity contribution in [3.63, 3.8) is 0 Å². The monoisotopic (exact) mass is 547 g/mol. The molecule has 0 heterocycles. The Morgan fingerprint density at radius 2 is 0.917 bits per heavy atom. The molecule has 0 saturated heterocycles. The van der Waals surface area contributed by atoms with Crippen LogP contribution in [0.25, 0.3) is 0 Å². The van der Waals surface area contributed by atoms with E-state index < -0.39 is 12.0 Å². The molecule has 7 heteroatoms. The first kappa shape index (κ1) is 42.0. The number of nitrogens with two attached hydrogens (primary N) is 1. The van der Waals surface area contributed by atoms with Crippen LogP contribution in [0, 0.1) is 0 Å². The van der Waals surface area contributed by atoms with Crippen LogP contribution in [0.4, 0.5) is 0 Å². The van der Waals surface area contributed by atoms with E-state index in [1.54, 1.807) is 0 Å². The van der Waals surface area contributed by atoms with Gasteiger partial charge in [0.25, 0.3) is 0 Å². The van der Waals surface area contributed by atoms with E-state index in [4.69, 9.17) is 15.2 Å². The Bertz CT molecular complexity index is 469. The van der Waals surface area contributed by atoms with Crippen LogP contribution in [0.3, 0.4) is 0 Å². The van der Waals surface area contributed by atoms with E-state index in [0.29, 0.717) is 13.2 Å². The first-order valence-corrected chi connectivity index (χ1v) is 14.7. The Hall–Kier alpha value is 1.54. The van der Waals surface area contributed by atoms with Gasteiger partial charge in [-0.05, 0) is 19.3 Å². The second-order valence-electron chi connectivity index (χ2n) is 9.90. The van der Waals surface area contributed by atoms with E-state index in [0.717, 1.165) is 25.7 Å². The van der Waals surface area contributed by atoms with Gasteiger partial charge >= 0.3 is 92.9 Å². The molecule has 0 unspecified atom stereocenters. The van der Waals surface area contributed by atoms with Crippen LogP contribution in [0.15, 0.2) is 0 Å². The van der Waals surface area contributed by atoms with Crippen molar-refractivity contribution in [2.24, 2.45) is 5.73 Å². The van der Waals surface area contributed by atoms with E-state index in [-0.39, 0.29) is 99.8 Å². The molecule has 206 valence electrons. The van der Waals surface area contributed by atoms with Gasteiger partial charge in [0.05, 0.1) is 13.2 Å². The molecule has 0 aromatic carbocycles. The summed E-state index contributed by atoms with van der Waals surface area (Å²) in [7, 11) is 0. The molecule has 0 fully saturated rings. The van der Waals surface area contributed by atoms with Gasteiger partial charge in [-0.1, -0.05) is 129 Å². The molecule has 0 spiro atoms. The Kier molecular flexibility index (Phi) is 40.3. The van der Waals surface area contributed by atoms with Gasteiger partial charge in [0, 0.05) is 6.42 Å². The summed E-state index contributed by atoms with van der Waals surface area (Å²) in [5.41, 5.74) is 5.87. The van der Waals surface area contributed by atoms with Gasteiger partial charge in [0.15, 0.2) is 0 Å². The van der Waals surface area contributed by atoms with Crippen molar-refractivity contribution in [3.8, 4) is 0 Å². The summed E-state index contributed by atoms with van der Waals surface area (Å²) in [6.45, 7) is 5.38. The molecule has 2 N–H and O–H groups in total. The average molecular weight is 548 g/mol. The fraction of sp³-hybridized carbons (Fsp3) is 0.931. The Morgan fingerprint density at radius 1 is 0.583 bits per heavy atom. The summed E-state index contributed by atoms with van der Waals surface area (Å²) in [6, 6.07) is -0.743. The second kappa shape index (κ2) is 34.6. The molecule has 36 heavy (non-hydrogen) atoms. The first-order chi connectivity index (χ1) is 16.6. The summed E-state index contributed by atoms with van der Waals surface area (Å²) in [5, 5.41) is 0.